The van der Waals surface area contributed by atoms with Crippen LogP contribution >= 0.6 is 0 Å². The maximum absolute atomic E-state index is 11.1. The van der Waals surface area contributed by atoms with Crippen molar-refractivity contribution in [2.24, 2.45) is 0 Å². The molecule has 1 N–H and O–H groups in total. The lowest BCUT2D eigenvalue weighted by atomic mass is 10.3. The number of ether oxygens (including phenoxy) is 2. The molecule has 0 fully saturated rings. The second kappa shape index (κ2) is 5.89. The Bertz CT molecular complexity index is 399. The summed E-state index contributed by atoms with van der Waals surface area (Å²) in [6.07, 6.45) is -0.661. The van der Waals surface area contributed by atoms with Gasteiger partial charge in [0.15, 0.2) is 6.10 Å². The average molecular weight is 237 g/mol. The Balaban J connectivity index is 2.62. The van der Waals surface area contributed by atoms with Gasteiger partial charge in [-0.3, -0.25) is 4.79 Å². The SMILES string of the molecule is COC(=O)[C@H](C)Oc1ccc(NC(C)=O)cc1. The van der Waals surface area contributed by atoms with E-state index in [9.17, 15) is 9.59 Å². The van der Waals surface area contributed by atoms with Crippen LogP contribution < -0.4 is 10.1 Å². The van der Waals surface area contributed by atoms with E-state index in [4.69, 9.17) is 4.74 Å². The van der Waals surface area contributed by atoms with Crippen molar-refractivity contribution < 1.29 is 19.1 Å². The molecule has 5 heteroatoms. The zero-order chi connectivity index (χ0) is 12.8. The minimum absolute atomic E-state index is 0.137. The number of benzene rings is 1. The molecule has 0 saturated carbocycles. The van der Waals surface area contributed by atoms with Crippen molar-refractivity contribution in [3.63, 3.8) is 0 Å². The molecule has 0 unspecified atom stereocenters. The molecule has 92 valence electrons. The number of hydrogen-bond donors (Lipinski definition) is 1. The molecule has 0 spiro atoms. The van der Waals surface area contributed by atoms with Crippen LogP contribution in [0.2, 0.25) is 0 Å². The van der Waals surface area contributed by atoms with Gasteiger partial charge in [0.2, 0.25) is 5.91 Å². The standard InChI is InChI=1S/C12H15NO4/c1-8(12(15)16-3)17-11-6-4-10(5-7-11)13-9(2)14/h4-8H,1-3H3,(H,13,14)/t8-/m0/s1. The molecule has 0 heterocycles. The van der Waals surface area contributed by atoms with Gasteiger partial charge < -0.3 is 14.8 Å². The molecular formula is C12H15NO4. The lowest BCUT2D eigenvalue weighted by Crippen LogP contribution is -2.24. The van der Waals surface area contributed by atoms with Crippen LogP contribution in [0.4, 0.5) is 5.69 Å². The molecular weight excluding hydrogens is 222 g/mol. The predicted octanol–water partition coefficient (Wildman–Crippen LogP) is 1.59. The predicted molar refractivity (Wildman–Crippen MR) is 62.9 cm³/mol. The lowest BCUT2D eigenvalue weighted by molar-refractivity contribution is -0.147. The maximum Gasteiger partial charge on any atom is 0.346 e. The third kappa shape index (κ3) is 4.14. The molecule has 0 saturated heterocycles. The van der Waals surface area contributed by atoms with Gasteiger partial charge in [-0.2, -0.15) is 0 Å². The van der Waals surface area contributed by atoms with Crippen LogP contribution in [0.1, 0.15) is 13.8 Å². The molecule has 0 aliphatic heterocycles. The summed E-state index contributed by atoms with van der Waals surface area (Å²) >= 11 is 0. The van der Waals surface area contributed by atoms with Crippen molar-refractivity contribution >= 4 is 17.6 Å². The number of nitrogens with one attached hydrogen (secondary N) is 1. The van der Waals surface area contributed by atoms with Gasteiger partial charge in [0, 0.05) is 12.6 Å². The number of esters is 1. The Morgan fingerprint density at radius 1 is 1.24 bits per heavy atom. The average Bonchev–Trinajstić information content (AvgIpc) is 2.30. The second-order valence-electron chi connectivity index (χ2n) is 3.49. The Morgan fingerprint density at radius 2 is 1.82 bits per heavy atom. The Kier molecular flexibility index (Phi) is 4.51. The number of hydrogen-bond acceptors (Lipinski definition) is 4. The Morgan fingerprint density at radius 3 is 2.29 bits per heavy atom. The first-order valence-corrected chi connectivity index (χ1v) is 5.15. The van der Waals surface area contributed by atoms with E-state index in [1.165, 1.54) is 14.0 Å². The first-order chi connectivity index (χ1) is 8.02. The molecule has 5 nitrogen and oxygen atoms in total. The minimum atomic E-state index is -0.661. The quantitative estimate of drug-likeness (QED) is 0.807. The van der Waals surface area contributed by atoms with Gasteiger partial charge in [0.25, 0.3) is 0 Å². The Labute approximate surface area is 99.7 Å². The minimum Gasteiger partial charge on any atom is -0.479 e. The highest BCUT2D eigenvalue weighted by molar-refractivity contribution is 5.88. The first kappa shape index (κ1) is 13.0. The number of methoxy groups -OCH3 is 1. The summed E-state index contributed by atoms with van der Waals surface area (Å²) in [6, 6.07) is 6.73. The molecule has 1 amide bonds. The van der Waals surface area contributed by atoms with Crippen molar-refractivity contribution in [3.8, 4) is 5.75 Å². The van der Waals surface area contributed by atoms with Crippen LogP contribution in [0.3, 0.4) is 0 Å². The van der Waals surface area contributed by atoms with E-state index in [1.54, 1.807) is 31.2 Å². The van der Waals surface area contributed by atoms with Gasteiger partial charge in [0.05, 0.1) is 7.11 Å². The summed E-state index contributed by atoms with van der Waals surface area (Å²) in [6.45, 7) is 3.04. The van der Waals surface area contributed by atoms with Crippen molar-refractivity contribution in [3.05, 3.63) is 24.3 Å². The number of amides is 1. The van der Waals surface area contributed by atoms with Crippen molar-refractivity contribution in [1.82, 2.24) is 0 Å². The smallest absolute Gasteiger partial charge is 0.346 e. The molecule has 1 aromatic carbocycles. The third-order valence-corrected chi connectivity index (χ3v) is 2.02. The van der Waals surface area contributed by atoms with Crippen molar-refractivity contribution in [1.29, 1.82) is 0 Å². The molecule has 0 radical (unpaired) electrons. The van der Waals surface area contributed by atoms with Gasteiger partial charge in [-0.25, -0.2) is 4.79 Å². The molecule has 1 atom stereocenters. The summed E-state index contributed by atoms with van der Waals surface area (Å²) in [5, 5.41) is 2.63. The maximum atomic E-state index is 11.1. The molecule has 0 aromatic heterocycles. The molecule has 0 aliphatic carbocycles. The molecule has 17 heavy (non-hydrogen) atoms. The summed E-state index contributed by atoms with van der Waals surface area (Å²) in [7, 11) is 1.31. The highest BCUT2D eigenvalue weighted by Gasteiger charge is 2.14. The van der Waals surface area contributed by atoms with E-state index in [0.717, 1.165) is 0 Å². The van der Waals surface area contributed by atoms with E-state index < -0.39 is 12.1 Å². The highest BCUT2D eigenvalue weighted by Crippen LogP contribution is 2.17. The number of rotatable bonds is 4. The van der Waals surface area contributed by atoms with E-state index in [1.807, 2.05) is 0 Å². The summed E-state index contributed by atoms with van der Waals surface area (Å²) < 4.78 is 9.88. The van der Waals surface area contributed by atoms with Crippen LogP contribution in [-0.4, -0.2) is 25.1 Å². The highest BCUT2D eigenvalue weighted by atomic mass is 16.6. The molecule has 0 bridgehead atoms. The Hall–Kier alpha value is -2.04. The van der Waals surface area contributed by atoms with Crippen LogP contribution in [-0.2, 0) is 14.3 Å². The number of carbonyl (C=O) groups excluding carboxylic acids is 2. The fourth-order valence-corrected chi connectivity index (χ4v) is 1.24. The zero-order valence-electron chi connectivity index (χ0n) is 10.0. The number of carbonyl (C=O) groups is 2. The van der Waals surface area contributed by atoms with Gasteiger partial charge in [0.1, 0.15) is 5.75 Å². The second-order valence-corrected chi connectivity index (χ2v) is 3.49. The van der Waals surface area contributed by atoms with E-state index in [2.05, 4.69) is 10.1 Å². The fourth-order valence-electron chi connectivity index (χ4n) is 1.24. The first-order valence-electron chi connectivity index (χ1n) is 5.15. The van der Waals surface area contributed by atoms with Crippen molar-refractivity contribution in [2.45, 2.75) is 20.0 Å². The van der Waals surface area contributed by atoms with Crippen LogP contribution in [0.5, 0.6) is 5.75 Å². The number of anilines is 1. The zero-order valence-corrected chi connectivity index (χ0v) is 10.0. The monoisotopic (exact) mass is 237 g/mol. The fraction of sp³-hybridized carbons (Fsp3) is 0.333. The van der Waals surface area contributed by atoms with Gasteiger partial charge in [-0.1, -0.05) is 0 Å². The lowest BCUT2D eigenvalue weighted by Gasteiger charge is -2.12. The molecule has 1 aromatic rings. The molecule has 0 aliphatic rings. The van der Waals surface area contributed by atoms with Crippen LogP contribution in [0, 0.1) is 0 Å². The van der Waals surface area contributed by atoms with E-state index in [-0.39, 0.29) is 5.91 Å². The van der Waals surface area contributed by atoms with Crippen LogP contribution in [0.25, 0.3) is 0 Å². The summed E-state index contributed by atoms with van der Waals surface area (Å²) in [5.74, 6) is -0.0328. The summed E-state index contributed by atoms with van der Waals surface area (Å²) in [4.78, 5) is 21.9. The van der Waals surface area contributed by atoms with E-state index in [0.29, 0.717) is 11.4 Å². The normalized spacial score (nSPS) is 11.5. The van der Waals surface area contributed by atoms with Crippen molar-refractivity contribution in [2.75, 3.05) is 12.4 Å². The van der Waals surface area contributed by atoms with Gasteiger partial charge in [-0.15, -0.1) is 0 Å². The summed E-state index contributed by atoms with van der Waals surface area (Å²) in [5.41, 5.74) is 0.676. The largest absolute Gasteiger partial charge is 0.479 e. The topological polar surface area (TPSA) is 64.6 Å². The third-order valence-electron chi connectivity index (χ3n) is 2.02. The van der Waals surface area contributed by atoms with Gasteiger partial charge in [-0.05, 0) is 31.2 Å². The molecule has 1 rings (SSSR count). The van der Waals surface area contributed by atoms with Gasteiger partial charge >= 0.3 is 5.97 Å². The van der Waals surface area contributed by atoms with Crippen LogP contribution in [0.15, 0.2) is 24.3 Å². The van der Waals surface area contributed by atoms with E-state index >= 15 is 0 Å².